The van der Waals surface area contributed by atoms with E-state index < -0.39 is 18.5 Å². The summed E-state index contributed by atoms with van der Waals surface area (Å²) in [5, 5.41) is 3.19. The zero-order chi connectivity index (χ0) is 20.8. The molecule has 0 aliphatic carbocycles. The number of amides is 1. The minimum Gasteiger partial charge on any atom is -0.452 e. The van der Waals surface area contributed by atoms with Crippen LogP contribution in [0.15, 0.2) is 72.8 Å². The van der Waals surface area contributed by atoms with Crippen molar-refractivity contribution in [1.82, 2.24) is 0 Å². The van der Waals surface area contributed by atoms with Gasteiger partial charge in [0.2, 0.25) is 0 Å². The second-order valence-corrected chi connectivity index (χ2v) is 6.72. The molecule has 0 saturated heterocycles. The van der Waals surface area contributed by atoms with Crippen molar-refractivity contribution in [3.05, 3.63) is 100 Å². The van der Waals surface area contributed by atoms with Gasteiger partial charge in [0.15, 0.2) is 12.4 Å². The van der Waals surface area contributed by atoms with Crippen molar-refractivity contribution in [3.8, 4) is 0 Å². The maximum atomic E-state index is 12.4. The third-order valence-electron chi connectivity index (χ3n) is 4.29. The number of halogens is 1. The van der Waals surface area contributed by atoms with Gasteiger partial charge in [0.05, 0.1) is 5.56 Å². The topological polar surface area (TPSA) is 72.5 Å². The molecular formula is C23H18ClNO4. The first kappa shape index (κ1) is 20.3. The highest BCUT2D eigenvalue weighted by Crippen LogP contribution is 2.22. The van der Waals surface area contributed by atoms with Gasteiger partial charge in [-0.2, -0.15) is 0 Å². The summed E-state index contributed by atoms with van der Waals surface area (Å²) in [5.41, 5.74) is 2.56. The SMILES string of the molecule is Cc1c(Cl)cccc1NC(=O)COC(=O)c1ccc(C(=O)c2ccccc2)cc1. The van der Waals surface area contributed by atoms with Crippen LogP contribution in [0.2, 0.25) is 5.02 Å². The Morgan fingerprint density at radius 2 is 1.45 bits per heavy atom. The van der Waals surface area contributed by atoms with E-state index >= 15 is 0 Å². The molecule has 3 aromatic rings. The van der Waals surface area contributed by atoms with Gasteiger partial charge < -0.3 is 10.1 Å². The number of rotatable bonds is 6. The fourth-order valence-corrected chi connectivity index (χ4v) is 2.83. The lowest BCUT2D eigenvalue weighted by Gasteiger charge is -2.10. The average Bonchev–Trinajstić information content (AvgIpc) is 2.75. The number of carbonyl (C=O) groups excluding carboxylic acids is 3. The summed E-state index contributed by atoms with van der Waals surface area (Å²) in [4.78, 5) is 36.6. The van der Waals surface area contributed by atoms with Gasteiger partial charge in [-0.05, 0) is 36.8 Å². The Bertz CT molecular complexity index is 1050. The van der Waals surface area contributed by atoms with Gasteiger partial charge in [-0.15, -0.1) is 0 Å². The van der Waals surface area contributed by atoms with Crippen LogP contribution in [0.4, 0.5) is 5.69 Å². The number of carbonyl (C=O) groups is 3. The van der Waals surface area contributed by atoms with Gasteiger partial charge >= 0.3 is 5.97 Å². The van der Waals surface area contributed by atoms with E-state index in [-0.39, 0.29) is 11.3 Å². The molecule has 0 aliphatic rings. The van der Waals surface area contributed by atoms with E-state index in [9.17, 15) is 14.4 Å². The molecule has 1 N–H and O–H groups in total. The van der Waals surface area contributed by atoms with Crippen molar-refractivity contribution < 1.29 is 19.1 Å². The molecule has 5 nitrogen and oxygen atoms in total. The lowest BCUT2D eigenvalue weighted by atomic mass is 10.0. The van der Waals surface area contributed by atoms with Crippen LogP contribution in [0.25, 0.3) is 0 Å². The molecular weight excluding hydrogens is 390 g/mol. The third-order valence-corrected chi connectivity index (χ3v) is 4.70. The largest absolute Gasteiger partial charge is 0.452 e. The lowest BCUT2D eigenvalue weighted by molar-refractivity contribution is -0.119. The second kappa shape index (κ2) is 9.17. The van der Waals surface area contributed by atoms with Gasteiger partial charge in [0.25, 0.3) is 5.91 Å². The number of anilines is 1. The van der Waals surface area contributed by atoms with Crippen molar-refractivity contribution in [2.45, 2.75) is 6.92 Å². The van der Waals surface area contributed by atoms with E-state index in [1.807, 2.05) is 6.07 Å². The number of ether oxygens (including phenoxy) is 1. The highest BCUT2D eigenvalue weighted by Gasteiger charge is 2.14. The van der Waals surface area contributed by atoms with Gasteiger partial charge in [-0.25, -0.2) is 4.79 Å². The molecule has 0 saturated carbocycles. The van der Waals surface area contributed by atoms with E-state index in [0.717, 1.165) is 5.56 Å². The van der Waals surface area contributed by atoms with Crippen LogP contribution < -0.4 is 5.32 Å². The molecule has 0 bridgehead atoms. The van der Waals surface area contributed by atoms with E-state index in [4.69, 9.17) is 16.3 Å². The first-order valence-electron chi connectivity index (χ1n) is 8.87. The Labute approximate surface area is 173 Å². The number of esters is 1. The Hall–Kier alpha value is -3.44. The predicted octanol–water partition coefficient (Wildman–Crippen LogP) is 4.67. The van der Waals surface area contributed by atoms with Gasteiger partial charge in [0.1, 0.15) is 0 Å². The van der Waals surface area contributed by atoms with Crippen molar-refractivity contribution in [3.63, 3.8) is 0 Å². The third kappa shape index (κ3) is 5.09. The van der Waals surface area contributed by atoms with Crippen LogP contribution in [0.5, 0.6) is 0 Å². The van der Waals surface area contributed by atoms with E-state index in [0.29, 0.717) is 21.8 Å². The zero-order valence-corrected chi connectivity index (χ0v) is 16.4. The van der Waals surface area contributed by atoms with Gasteiger partial charge in [0, 0.05) is 21.8 Å². The maximum absolute atomic E-state index is 12.4. The van der Waals surface area contributed by atoms with Crippen molar-refractivity contribution in [2.75, 3.05) is 11.9 Å². The molecule has 0 radical (unpaired) electrons. The maximum Gasteiger partial charge on any atom is 0.338 e. The summed E-state index contributed by atoms with van der Waals surface area (Å²) in [6.07, 6.45) is 0. The molecule has 0 aliphatic heterocycles. The lowest BCUT2D eigenvalue weighted by Crippen LogP contribution is -2.21. The summed E-state index contributed by atoms with van der Waals surface area (Å²) < 4.78 is 5.05. The monoisotopic (exact) mass is 407 g/mol. The number of nitrogens with one attached hydrogen (secondary N) is 1. The first-order valence-corrected chi connectivity index (χ1v) is 9.25. The fourth-order valence-electron chi connectivity index (χ4n) is 2.66. The Balaban J connectivity index is 1.57. The molecule has 0 aromatic heterocycles. The van der Waals surface area contributed by atoms with Crippen molar-refractivity contribution in [2.24, 2.45) is 0 Å². The first-order chi connectivity index (χ1) is 14.0. The smallest absolute Gasteiger partial charge is 0.338 e. The van der Waals surface area contributed by atoms with E-state index in [1.165, 1.54) is 12.1 Å². The van der Waals surface area contributed by atoms with Crippen LogP contribution in [0.1, 0.15) is 31.8 Å². The highest BCUT2D eigenvalue weighted by molar-refractivity contribution is 6.31. The van der Waals surface area contributed by atoms with Crippen molar-refractivity contribution >= 4 is 34.9 Å². The number of ketones is 1. The van der Waals surface area contributed by atoms with E-state index in [2.05, 4.69) is 5.32 Å². The molecule has 3 rings (SSSR count). The summed E-state index contributed by atoms with van der Waals surface area (Å²) in [5.74, 6) is -1.26. The predicted molar refractivity (Wildman–Crippen MR) is 111 cm³/mol. The normalized spacial score (nSPS) is 10.3. The van der Waals surface area contributed by atoms with Gasteiger partial charge in [-0.3, -0.25) is 9.59 Å². The van der Waals surface area contributed by atoms with Crippen LogP contribution in [-0.4, -0.2) is 24.3 Å². The standard InChI is InChI=1S/C23H18ClNO4/c1-15-19(24)8-5-9-20(15)25-21(26)14-29-23(28)18-12-10-17(11-13-18)22(27)16-6-3-2-4-7-16/h2-13H,14H2,1H3,(H,25,26). The van der Waals surface area contributed by atoms with E-state index in [1.54, 1.807) is 61.5 Å². The molecule has 0 unspecified atom stereocenters. The number of hydrogen-bond acceptors (Lipinski definition) is 4. The molecule has 1 amide bonds. The molecule has 29 heavy (non-hydrogen) atoms. The molecule has 0 spiro atoms. The molecule has 0 fully saturated rings. The Morgan fingerprint density at radius 1 is 0.828 bits per heavy atom. The molecule has 6 heteroatoms. The second-order valence-electron chi connectivity index (χ2n) is 6.31. The zero-order valence-electron chi connectivity index (χ0n) is 15.6. The number of hydrogen-bond donors (Lipinski definition) is 1. The Kier molecular flexibility index (Phi) is 6.42. The summed E-state index contributed by atoms with van der Waals surface area (Å²) in [6, 6.07) is 20.1. The fraction of sp³-hybridized carbons (Fsp3) is 0.0870. The molecule has 0 heterocycles. The minimum atomic E-state index is -0.651. The van der Waals surface area contributed by atoms with Crippen molar-refractivity contribution in [1.29, 1.82) is 0 Å². The van der Waals surface area contributed by atoms with Crippen LogP contribution >= 0.6 is 11.6 Å². The van der Waals surface area contributed by atoms with Crippen LogP contribution in [0.3, 0.4) is 0 Å². The van der Waals surface area contributed by atoms with Crippen LogP contribution in [0, 0.1) is 6.92 Å². The summed E-state index contributed by atoms with van der Waals surface area (Å²) >= 11 is 6.02. The summed E-state index contributed by atoms with van der Waals surface area (Å²) in [7, 11) is 0. The molecule has 0 atom stereocenters. The molecule has 146 valence electrons. The quantitative estimate of drug-likeness (QED) is 0.476. The number of benzene rings is 3. The Morgan fingerprint density at radius 3 is 2.14 bits per heavy atom. The van der Waals surface area contributed by atoms with Crippen LogP contribution in [-0.2, 0) is 9.53 Å². The average molecular weight is 408 g/mol. The highest BCUT2D eigenvalue weighted by atomic mass is 35.5. The van der Waals surface area contributed by atoms with Gasteiger partial charge in [-0.1, -0.05) is 60.1 Å². The summed E-state index contributed by atoms with van der Waals surface area (Å²) in [6.45, 7) is 1.34. The minimum absolute atomic E-state index is 0.137. The molecule has 3 aromatic carbocycles.